The third-order valence-electron chi connectivity index (χ3n) is 1.33. The van der Waals surface area contributed by atoms with Crippen LogP contribution < -0.4 is 5.56 Å². The summed E-state index contributed by atoms with van der Waals surface area (Å²) in [5.74, 6) is -0.363. The molecule has 0 saturated heterocycles. The molecule has 0 fully saturated rings. The molecule has 0 aliphatic rings. The van der Waals surface area contributed by atoms with Gasteiger partial charge in [0, 0.05) is 29.4 Å². The first-order valence-corrected chi connectivity index (χ1v) is 5.93. The predicted octanol–water partition coefficient (Wildman–Crippen LogP) is 0.255. The molecule has 6 heteroatoms. The Morgan fingerprint density at radius 1 is 1.53 bits per heavy atom. The van der Waals surface area contributed by atoms with Crippen LogP contribution in [0.25, 0.3) is 0 Å². The number of pyridine rings is 1. The van der Waals surface area contributed by atoms with Crippen LogP contribution >= 0.6 is 0 Å². The van der Waals surface area contributed by atoms with E-state index in [9.17, 15) is 9.00 Å². The largest absolute Gasteiger partial charge is 0.494 e. The Labute approximate surface area is 89.8 Å². The number of hydrogen-bond acceptors (Lipinski definition) is 4. The van der Waals surface area contributed by atoms with Gasteiger partial charge in [0.25, 0.3) is 5.56 Å². The highest BCUT2D eigenvalue weighted by atomic mass is 32.2. The Hall–Kier alpha value is -1.61. The molecule has 5 nitrogen and oxygen atoms in total. The van der Waals surface area contributed by atoms with Crippen molar-refractivity contribution >= 4 is 10.8 Å². The third kappa shape index (κ3) is 4.98. The maximum Gasteiger partial charge on any atom is 0.251 e. The molecule has 1 aromatic heterocycles. The Balaban J connectivity index is 0.000000423. The van der Waals surface area contributed by atoms with Gasteiger partial charge in [-0.25, -0.2) is 0 Å². The Bertz CT molecular complexity index is 429. The summed E-state index contributed by atoms with van der Waals surface area (Å²) in [6.07, 6.45) is 3.28. The second-order valence-corrected chi connectivity index (χ2v) is 4.38. The van der Waals surface area contributed by atoms with Gasteiger partial charge in [0.1, 0.15) is 11.6 Å². The second-order valence-electron chi connectivity index (χ2n) is 2.89. The van der Waals surface area contributed by atoms with Crippen LogP contribution in [0.5, 0.6) is 5.88 Å². The first-order chi connectivity index (χ1) is 6.88. The number of hydrogen-bond donors (Lipinski definition) is 2. The van der Waals surface area contributed by atoms with E-state index in [0.717, 1.165) is 0 Å². The van der Waals surface area contributed by atoms with Gasteiger partial charge in [-0.15, -0.1) is 0 Å². The molecular formula is C9H12N2O3S. The number of nitrogens with one attached hydrogen (secondary N) is 1. The van der Waals surface area contributed by atoms with Crippen molar-refractivity contribution < 1.29 is 9.32 Å². The highest BCUT2D eigenvalue weighted by Crippen LogP contribution is 2.12. The van der Waals surface area contributed by atoms with Crippen LogP contribution in [0.3, 0.4) is 0 Å². The third-order valence-corrected chi connectivity index (χ3v) is 1.33. The molecule has 0 atom stereocenters. The number of aromatic nitrogens is 1. The Morgan fingerprint density at radius 2 is 2.00 bits per heavy atom. The lowest BCUT2D eigenvalue weighted by molar-refractivity contribution is 0.449. The Morgan fingerprint density at radius 3 is 2.33 bits per heavy atom. The van der Waals surface area contributed by atoms with Crippen LogP contribution in [0.4, 0.5) is 0 Å². The maximum atomic E-state index is 10.7. The van der Waals surface area contributed by atoms with Crippen molar-refractivity contribution in [2.75, 3.05) is 12.5 Å². The van der Waals surface area contributed by atoms with Gasteiger partial charge in [0.15, 0.2) is 0 Å². The van der Waals surface area contributed by atoms with Crippen LogP contribution in [0.1, 0.15) is 11.1 Å². The Kier molecular flexibility index (Phi) is 5.34. The predicted molar refractivity (Wildman–Crippen MR) is 58.2 cm³/mol. The lowest BCUT2D eigenvalue weighted by atomic mass is 10.2. The number of nitriles is 1. The summed E-state index contributed by atoms with van der Waals surface area (Å²) in [4.78, 5) is 12.8. The molecule has 0 bridgehead atoms. The van der Waals surface area contributed by atoms with E-state index in [4.69, 9.17) is 10.4 Å². The number of nitrogens with zero attached hydrogens (tertiary/aromatic N) is 1. The highest BCUT2D eigenvalue weighted by molar-refractivity contribution is 7.83. The smallest absolute Gasteiger partial charge is 0.251 e. The number of aryl methyl sites for hydroxylation is 1. The fourth-order valence-corrected chi connectivity index (χ4v) is 0.812. The minimum atomic E-state index is -0.611. The maximum absolute atomic E-state index is 10.7. The van der Waals surface area contributed by atoms with Crippen LogP contribution in [0.15, 0.2) is 10.9 Å². The fourth-order valence-electron chi connectivity index (χ4n) is 0.812. The average molecular weight is 228 g/mol. The number of aromatic amines is 1. The van der Waals surface area contributed by atoms with E-state index in [2.05, 4.69) is 4.98 Å². The highest BCUT2D eigenvalue weighted by Gasteiger charge is 2.04. The van der Waals surface area contributed by atoms with Crippen LogP contribution in [0, 0.1) is 18.3 Å². The molecule has 82 valence electrons. The van der Waals surface area contributed by atoms with Gasteiger partial charge in [0.2, 0.25) is 5.88 Å². The van der Waals surface area contributed by atoms with E-state index in [1.807, 2.05) is 0 Å². The molecule has 0 aromatic carbocycles. The zero-order valence-corrected chi connectivity index (χ0v) is 9.51. The second kappa shape index (κ2) is 5.98. The summed E-state index contributed by atoms with van der Waals surface area (Å²) in [7, 11) is -0.611. The van der Waals surface area contributed by atoms with Gasteiger partial charge in [-0.3, -0.25) is 14.0 Å². The molecule has 1 aromatic rings. The molecule has 0 saturated carbocycles. The van der Waals surface area contributed by atoms with E-state index in [1.54, 1.807) is 25.5 Å². The molecule has 15 heavy (non-hydrogen) atoms. The van der Waals surface area contributed by atoms with Crippen LogP contribution in [-0.4, -0.2) is 26.8 Å². The van der Waals surface area contributed by atoms with Crippen molar-refractivity contribution in [1.29, 1.82) is 5.26 Å². The summed E-state index contributed by atoms with van der Waals surface area (Å²) >= 11 is 0. The van der Waals surface area contributed by atoms with E-state index in [-0.39, 0.29) is 11.4 Å². The molecule has 1 heterocycles. The quantitative estimate of drug-likeness (QED) is 0.665. The summed E-state index contributed by atoms with van der Waals surface area (Å²) < 4.78 is 9.56. The molecule has 0 aliphatic carbocycles. The van der Waals surface area contributed by atoms with Gasteiger partial charge < -0.3 is 5.11 Å². The average Bonchev–Trinajstić information content (AvgIpc) is 2.01. The van der Waals surface area contributed by atoms with E-state index in [0.29, 0.717) is 5.56 Å². The van der Waals surface area contributed by atoms with E-state index >= 15 is 0 Å². The molecule has 0 aliphatic heterocycles. The van der Waals surface area contributed by atoms with Crippen molar-refractivity contribution in [2.45, 2.75) is 6.92 Å². The summed E-state index contributed by atoms with van der Waals surface area (Å²) in [6.45, 7) is 1.59. The standard InChI is InChI=1S/C7H6N2O2.C2H6OS/c1-4-2-6(10)9-7(11)5(4)3-8;1-4(2)3/h2H,1H3,(H2,9,10,11);1-2H3. The minimum absolute atomic E-state index is 0.115. The van der Waals surface area contributed by atoms with Crippen LogP contribution in [0.2, 0.25) is 0 Å². The van der Waals surface area contributed by atoms with Gasteiger partial charge >= 0.3 is 0 Å². The lowest BCUT2D eigenvalue weighted by Crippen LogP contribution is -2.05. The van der Waals surface area contributed by atoms with Gasteiger partial charge in [-0.05, 0) is 12.5 Å². The van der Waals surface area contributed by atoms with E-state index in [1.165, 1.54) is 6.07 Å². The normalized spacial score (nSPS) is 9.00. The van der Waals surface area contributed by atoms with Crippen molar-refractivity contribution in [1.82, 2.24) is 4.98 Å². The molecule has 1 rings (SSSR count). The van der Waals surface area contributed by atoms with Crippen molar-refractivity contribution in [3.63, 3.8) is 0 Å². The lowest BCUT2D eigenvalue weighted by Gasteiger charge is -1.96. The molecule has 0 amide bonds. The molecule has 0 radical (unpaired) electrons. The summed E-state index contributed by atoms with van der Waals surface area (Å²) in [5, 5.41) is 17.5. The van der Waals surface area contributed by atoms with Crippen LogP contribution in [-0.2, 0) is 10.8 Å². The topological polar surface area (TPSA) is 93.9 Å². The molecule has 2 N–H and O–H groups in total. The number of rotatable bonds is 0. The van der Waals surface area contributed by atoms with E-state index < -0.39 is 16.4 Å². The van der Waals surface area contributed by atoms with Gasteiger partial charge in [-0.2, -0.15) is 5.26 Å². The van der Waals surface area contributed by atoms with Crippen molar-refractivity contribution in [3.8, 4) is 11.9 Å². The summed E-state index contributed by atoms with van der Waals surface area (Å²) in [5.41, 5.74) is 0.192. The van der Waals surface area contributed by atoms with Crippen molar-refractivity contribution in [2.24, 2.45) is 0 Å². The first-order valence-electron chi connectivity index (χ1n) is 3.96. The molecule has 0 spiro atoms. The zero-order chi connectivity index (χ0) is 12.0. The SMILES string of the molecule is CS(C)=O.Cc1cc(=O)[nH]c(O)c1C#N. The monoisotopic (exact) mass is 228 g/mol. The molecular weight excluding hydrogens is 216 g/mol. The van der Waals surface area contributed by atoms with Crippen molar-refractivity contribution in [3.05, 3.63) is 27.5 Å². The zero-order valence-electron chi connectivity index (χ0n) is 8.70. The van der Waals surface area contributed by atoms with Gasteiger partial charge in [0.05, 0.1) is 0 Å². The minimum Gasteiger partial charge on any atom is -0.494 e. The number of aromatic hydroxyl groups is 1. The first kappa shape index (κ1) is 13.4. The molecule has 0 unspecified atom stereocenters. The van der Waals surface area contributed by atoms with Gasteiger partial charge in [-0.1, -0.05) is 0 Å². The number of H-pyrrole nitrogens is 1. The summed E-state index contributed by atoms with van der Waals surface area (Å²) in [6, 6.07) is 3.03. The fraction of sp³-hybridized carbons (Fsp3) is 0.333.